The lowest BCUT2D eigenvalue weighted by atomic mass is 9.91. The summed E-state index contributed by atoms with van der Waals surface area (Å²) in [5, 5.41) is 5.95. The molecule has 2 heterocycles. The monoisotopic (exact) mass is 389 g/mol. The molecule has 1 unspecified atom stereocenters. The zero-order chi connectivity index (χ0) is 18.1. The van der Waals surface area contributed by atoms with Gasteiger partial charge in [0.1, 0.15) is 0 Å². The maximum atomic E-state index is 13.2. The maximum absolute atomic E-state index is 13.2. The number of nitrogens with one attached hydrogen (secondary N) is 1. The normalized spacial score (nSPS) is 21.3. The van der Waals surface area contributed by atoms with E-state index in [9.17, 15) is 9.59 Å². The highest BCUT2D eigenvalue weighted by atomic mass is 35.5. The molecule has 0 bridgehead atoms. The summed E-state index contributed by atoms with van der Waals surface area (Å²) >= 11 is 7.52. The lowest BCUT2D eigenvalue weighted by Crippen LogP contribution is -2.47. The van der Waals surface area contributed by atoms with Gasteiger partial charge in [0.05, 0.1) is 11.3 Å². The lowest BCUT2D eigenvalue weighted by molar-refractivity contribution is -0.137. The standard InChI is InChI=1S/C19H20ClN3O2S/c20-15-5-1-4-14(11-15)19(6-7-19)17(25)23-9-2-3-13(12-23)16(24)22-18-21-8-10-26-18/h1,4-5,8,10-11,13H,2-3,6-7,9,12H2,(H,21,22,24). The van der Waals surface area contributed by atoms with Gasteiger partial charge in [-0.05, 0) is 43.4 Å². The topological polar surface area (TPSA) is 62.3 Å². The second kappa shape index (κ2) is 7.00. The van der Waals surface area contributed by atoms with E-state index in [-0.39, 0.29) is 17.7 Å². The van der Waals surface area contributed by atoms with Gasteiger partial charge in [-0.3, -0.25) is 9.59 Å². The molecule has 7 heteroatoms. The van der Waals surface area contributed by atoms with Crippen LogP contribution in [-0.4, -0.2) is 34.8 Å². The first-order chi connectivity index (χ1) is 12.6. The molecule has 0 radical (unpaired) electrons. The van der Waals surface area contributed by atoms with Crippen LogP contribution in [0.2, 0.25) is 5.02 Å². The van der Waals surface area contributed by atoms with Crippen molar-refractivity contribution in [2.24, 2.45) is 5.92 Å². The predicted octanol–water partition coefficient (Wildman–Crippen LogP) is 3.71. The Labute approximate surface area is 161 Å². The number of carbonyl (C=O) groups is 2. The molecule has 1 saturated carbocycles. The number of amides is 2. The molecule has 2 aliphatic rings. The molecule has 1 aliphatic carbocycles. The van der Waals surface area contributed by atoms with Gasteiger partial charge in [0.25, 0.3) is 0 Å². The summed E-state index contributed by atoms with van der Waals surface area (Å²) in [4.78, 5) is 31.7. The van der Waals surface area contributed by atoms with E-state index >= 15 is 0 Å². The van der Waals surface area contributed by atoms with Crippen molar-refractivity contribution in [3.8, 4) is 0 Å². The van der Waals surface area contributed by atoms with Crippen LogP contribution in [-0.2, 0) is 15.0 Å². The molecular weight excluding hydrogens is 370 g/mol. The lowest BCUT2D eigenvalue weighted by Gasteiger charge is -2.34. The molecule has 0 spiro atoms. The van der Waals surface area contributed by atoms with Crippen LogP contribution in [0.4, 0.5) is 5.13 Å². The minimum Gasteiger partial charge on any atom is -0.341 e. The third-order valence-corrected chi connectivity index (χ3v) is 6.20. The molecule has 1 N–H and O–H groups in total. The van der Waals surface area contributed by atoms with Crippen molar-refractivity contribution in [1.29, 1.82) is 0 Å². The van der Waals surface area contributed by atoms with E-state index in [4.69, 9.17) is 11.6 Å². The molecule has 5 nitrogen and oxygen atoms in total. The minimum atomic E-state index is -0.446. The van der Waals surface area contributed by atoms with Gasteiger partial charge < -0.3 is 10.2 Å². The Kier molecular flexibility index (Phi) is 4.71. The molecule has 2 amide bonds. The number of hydrogen-bond donors (Lipinski definition) is 1. The van der Waals surface area contributed by atoms with Crippen LogP contribution in [0.1, 0.15) is 31.2 Å². The van der Waals surface area contributed by atoms with Crippen LogP contribution in [0.3, 0.4) is 0 Å². The van der Waals surface area contributed by atoms with E-state index in [0.29, 0.717) is 23.2 Å². The molecular formula is C19H20ClN3O2S. The van der Waals surface area contributed by atoms with E-state index in [1.165, 1.54) is 11.3 Å². The summed E-state index contributed by atoms with van der Waals surface area (Å²) in [7, 11) is 0. The van der Waals surface area contributed by atoms with E-state index < -0.39 is 5.41 Å². The average Bonchev–Trinajstić information content (AvgIpc) is 3.32. The largest absolute Gasteiger partial charge is 0.341 e. The number of nitrogens with zero attached hydrogens (tertiary/aromatic N) is 2. The molecule has 1 aromatic carbocycles. The van der Waals surface area contributed by atoms with Crippen molar-refractivity contribution >= 4 is 39.9 Å². The Morgan fingerprint density at radius 3 is 2.88 bits per heavy atom. The third-order valence-electron chi connectivity index (χ3n) is 5.28. The van der Waals surface area contributed by atoms with E-state index in [1.54, 1.807) is 6.20 Å². The summed E-state index contributed by atoms with van der Waals surface area (Å²) in [6.45, 7) is 1.18. The fourth-order valence-corrected chi connectivity index (χ4v) is 4.43. The van der Waals surface area contributed by atoms with Gasteiger partial charge in [0.15, 0.2) is 5.13 Å². The van der Waals surface area contributed by atoms with Crippen LogP contribution < -0.4 is 5.32 Å². The molecule has 1 atom stereocenters. The Morgan fingerprint density at radius 1 is 1.35 bits per heavy atom. The van der Waals surface area contributed by atoms with Crippen molar-refractivity contribution in [3.05, 3.63) is 46.4 Å². The number of rotatable bonds is 4. The molecule has 1 aromatic heterocycles. The SMILES string of the molecule is O=C(Nc1nccs1)C1CCCN(C(=O)C2(c3cccc(Cl)c3)CC2)C1. The zero-order valence-corrected chi connectivity index (χ0v) is 15.9. The van der Waals surface area contributed by atoms with Crippen LogP contribution in [0.5, 0.6) is 0 Å². The van der Waals surface area contributed by atoms with Crippen molar-refractivity contribution < 1.29 is 9.59 Å². The predicted molar refractivity (Wildman–Crippen MR) is 102 cm³/mol. The summed E-state index contributed by atoms with van der Waals surface area (Å²) < 4.78 is 0. The Balaban J connectivity index is 1.46. The number of hydrogen-bond acceptors (Lipinski definition) is 4. The highest BCUT2D eigenvalue weighted by Crippen LogP contribution is 2.50. The van der Waals surface area contributed by atoms with Crippen molar-refractivity contribution in [2.45, 2.75) is 31.1 Å². The first-order valence-electron chi connectivity index (χ1n) is 8.84. The first kappa shape index (κ1) is 17.5. The van der Waals surface area contributed by atoms with Gasteiger partial charge in [-0.15, -0.1) is 11.3 Å². The summed E-state index contributed by atoms with van der Waals surface area (Å²) in [5.41, 5.74) is 0.544. The van der Waals surface area contributed by atoms with Gasteiger partial charge in [0.2, 0.25) is 11.8 Å². The van der Waals surface area contributed by atoms with Gasteiger partial charge in [-0.2, -0.15) is 0 Å². The van der Waals surface area contributed by atoms with E-state index in [2.05, 4.69) is 10.3 Å². The molecule has 136 valence electrons. The van der Waals surface area contributed by atoms with Gasteiger partial charge in [0, 0.05) is 29.7 Å². The second-order valence-electron chi connectivity index (χ2n) is 7.01. The van der Waals surface area contributed by atoms with Gasteiger partial charge in [-0.25, -0.2) is 4.98 Å². The third kappa shape index (κ3) is 3.35. The molecule has 26 heavy (non-hydrogen) atoms. The van der Waals surface area contributed by atoms with E-state index in [0.717, 1.165) is 31.2 Å². The molecule has 2 aromatic rings. The van der Waals surface area contributed by atoms with Gasteiger partial charge in [-0.1, -0.05) is 23.7 Å². The summed E-state index contributed by atoms with van der Waals surface area (Å²) in [6, 6.07) is 7.59. The zero-order valence-electron chi connectivity index (χ0n) is 14.3. The molecule has 2 fully saturated rings. The summed E-state index contributed by atoms with van der Waals surface area (Å²) in [6.07, 6.45) is 4.99. The smallest absolute Gasteiger partial charge is 0.233 e. The number of likely N-dealkylation sites (tertiary alicyclic amines) is 1. The fraction of sp³-hybridized carbons (Fsp3) is 0.421. The number of anilines is 1. The number of piperidine rings is 1. The number of carbonyl (C=O) groups excluding carboxylic acids is 2. The Hall–Kier alpha value is -1.92. The summed E-state index contributed by atoms with van der Waals surface area (Å²) in [5.74, 6) is -0.108. The minimum absolute atomic E-state index is 0.0509. The highest BCUT2D eigenvalue weighted by Gasteiger charge is 2.53. The van der Waals surface area contributed by atoms with E-state index in [1.807, 2.05) is 34.5 Å². The Bertz CT molecular complexity index is 820. The molecule has 1 saturated heterocycles. The second-order valence-corrected chi connectivity index (χ2v) is 8.34. The average molecular weight is 390 g/mol. The maximum Gasteiger partial charge on any atom is 0.233 e. The van der Waals surface area contributed by atoms with Crippen LogP contribution in [0.25, 0.3) is 0 Å². The molecule has 1 aliphatic heterocycles. The Morgan fingerprint density at radius 2 is 2.19 bits per heavy atom. The van der Waals surface area contributed by atoms with Crippen molar-refractivity contribution in [2.75, 3.05) is 18.4 Å². The van der Waals surface area contributed by atoms with Gasteiger partial charge >= 0.3 is 0 Å². The van der Waals surface area contributed by atoms with Crippen LogP contribution >= 0.6 is 22.9 Å². The highest BCUT2D eigenvalue weighted by molar-refractivity contribution is 7.13. The molecule has 4 rings (SSSR count). The van der Waals surface area contributed by atoms with Crippen molar-refractivity contribution in [3.63, 3.8) is 0 Å². The first-order valence-corrected chi connectivity index (χ1v) is 10.1. The fourth-order valence-electron chi connectivity index (χ4n) is 3.71. The van der Waals surface area contributed by atoms with Crippen LogP contribution in [0, 0.1) is 5.92 Å². The van der Waals surface area contributed by atoms with Crippen molar-refractivity contribution in [1.82, 2.24) is 9.88 Å². The van der Waals surface area contributed by atoms with Crippen LogP contribution in [0.15, 0.2) is 35.8 Å². The number of aromatic nitrogens is 1. The quantitative estimate of drug-likeness (QED) is 0.867. The number of halogens is 1. The number of thiazole rings is 1. The number of benzene rings is 1.